The molecule has 104 valence electrons. The van der Waals surface area contributed by atoms with Gasteiger partial charge in [0.1, 0.15) is 11.9 Å². The molecule has 2 unspecified atom stereocenters. The van der Waals surface area contributed by atoms with Gasteiger partial charge in [0.25, 0.3) is 0 Å². The minimum absolute atomic E-state index is 0.197. The van der Waals surface area contributed by atoms with Crippen LogP contribution in [0.3, 0.4) is 0 Å². The first-order chi connectivity index (χ1) is 9.54. The summed E-state index contributed by atoms with van der Waals surface area (Å²) >= 11 is 12.9. The van der Waals surface area contributed by atoms with Crippen LogP contribution >= 0.6 is 43.5 Å². The molecule has 0 aromatic heterocycles. The van der Waals surface area contributed by atoms with Crippen LogP contribution in [-0.4, -0.2) is 5.11 Å². The van der Waals surface area contributed by atoms with Crippen LogP contribution in [0.25, 0.3) is 0 Å². The number of hydrogen-bond donors (Lipinski definition) is 1. The number of fused-ring (bicyclic) bond motifs is 1. The van der Waals surface area contributed by atoms with Gasteiger partial charge in [-0.2, -0.15) is 0 Å². The fraction of sp³-hybridized carbons (Fsp3) is 0.200. The highest BCUT2D eigenvalue weighted by atomic mass is 79.9. The van der Waals surface area contributed by atoms with Crippen molar-refractivity contribution < 1.29 is 9.84 Å². The standard InChI is InChI=1S/C15H11Br2ClO2/c16-9-2-3-10-13(19)7-14(20-15(10)6-9)8-1-4-11(17)12(18)5-8/h1-6,13-14,19H,7H2. The molecule has 0 fully saturated rings. The summed E-state index contributed by atoms with van der Waals surface area (Å²) < 4.78 is 7.78. The van der Waals surface area contributed by atoms with Gasteiger partial charge in [-0.15, -0.1) is 0 Å². The second-order valence-electron chi connectivity index (χ2n) is 4.71. The zero-order valence-electron chi connectivity index (χ0n) is 10.3. The van der Waals surface area contributed by atoms with Gasteiger partial charge in [0.05, 0.1) is 11.1 Å². The lowest BCUT2D eigenvalue weighted by Crippen LogP contribution is -2.19. The predicted octanol–water partition coefficient (Wildman–Crippen LogP) is 5.42. The van der Waals surface area contributed by atoms with E-state index in [4.69, 9.17) is 16.3 Å². The molecule has 0 spiro atoms. The predicted molar refractivity (Wildman–Crippen MR) is 86.2 cm³/mol. The van der Waals surface area contributed by atoms with Gasteiger partial charge >= 0.3 is 0 Å². The molecule has 0 aliphatic carbocycles. The Kier molecular flexibility index (Phi) is 4.09. The Hall–Kier alpha value is -0.550. The molecule has 0 amide bonds. The lowest BCUT2D eigenvalue weighted by molar-refractivity contribution is 0.0657. The smallest absolute Gasteiger partial charge is 0.127 e. The minimum Gasteiger partial charge on any atom is -0.485 e. The summed E-state index contributed by atoms with van der Waals surface area (Å²) in [4.78, 5) is 0. The molecule has 0 saturated heterocycles. The molecular formula is C15H11Br2ClO2. The number of hydrogen-bond acceptors (Lipinski definition) is 2. The molecule has 2 atom stereocenters. The van der Waals surface area contributed by atoms with E-state index in [1.54, 1.807) is 0 Å². The number of rotatable bonds is 1. The van der Waals surface area contributed by atoms with Crippen molar-refractivity contribution >= 4 is 43.5 Å². The van der Waals surface area contributed by atoms with E-state index in [1.807, 2.05) is 36.4 Å². The molecule has 3 rings (SSSR count). The third kappa shape index (κ3) is 2.75. The van der Waals surface area contributed by atoms with Crippen LogP contribution in [-0.2, 0) is 0 Å². The van der Waals surface area contributed by atoms with E-state index in [0.29, 0.717) is 17.2 Å². The number of aliphatic hydroxyl groups excluding tert-OH is 1. The van der Waals surface area contributed by atoms with Crippen LogP contribution in [0.15, 0.2) is 45.3 Å². The fourth-order valence-corrected chi connectivity index (χ4v) is 3.11. The minimum atomic E-state index is -0.528. The Labute approximate surface area is 139 Å². The van der Waals surface area contributed by atoms with Crippen molar-refractivity contribution in [1.29, 1.82) is 0 Å². The maximum Gasteiger partial charge on any atom is 0.127 e. The van der Waals surface area contributed by atoms with Crippen molar-refractivity contribution in [2.24, 2.45) is 0 Å². The molecule has 0 bridgehead atoms. The second kappa shape index (κ2) is 5.68. The lowest BCUT2D eigenvalue weighted by atomic mass is 9.95. The maximum absolute atomic E-state index is 10.3. The van der Waals surface area contributed by atoms with Gasteiger partial charge in [0.2, 0.25) is 0 Å². The molecule has 2 aromatic rings. The van der Waals surface area contributed by atoms with E-state index in [0.717, 1.165) is 20.1 Å². The summed E-state index contributed by atoms with van der Waals surface area (Å²) in [6.07, 6.45) is -0.205. The highest BCUT2D eigenvalue weighted by Crippen LogP contribution is 2.42. The molecule has 1 aliphatic rings. The Morgan fingerprint density at radius 1 is 1.15 bits per heavy atom. The van der Waals surface area contributed by atoms with Gasteiger partial charge in [-0.05, 0) is 45.8 Å². The van der Waals surface area contributed by atoms with Crippen molar-refractivity contribution in [2.75, 3.05) is 0 Å². The van der Waals surface area contributed by atoms with E-state index >= 15 is 0 Å². The van der Waals surface area contributed by atoms with Crippen LogP contribution in [0.2, 0.25) is 5.02 Å². The van der Waals surface area contributed by atoms with Crippen molar-refractivity contribution in [3.63, 3.8) is 0 Å². The summed E-state index contributed by atoms with van der Waals surface area (Å²) in [6, 6.07) is 11.4. The molecule has 0 saturated carbocycles. The zero-order chi connectivity index (χ0) is 14.3. The molecule has 1 aliphatic heterocycles. The van der Waals surface area contributed by atoms with Crippen LogP contribution in [0, 0.1) is 0 Å². The molecule has 2 nitrogen and oxygen atoms in total. The van der Waals surface area contributed by atoms with Gasteiger partial charge in [-0.1, -0.05) is 39.7 Å². The first-order valence-electron chi connectivity index (χ1n) is 6.13. The highest BCUT2D eigenvalue weighted by molar-refractivity contribution is 9.10. The molecule has 2 aromatic carbocycles. The van der Waals surface area contributed by atoms with Crippen molar-refractivity contribution in [3.05, 3.63) is 61.5 Å². The Balaban J connectivity index is 1.96. The fourth-order valence-electron chi connectivity index (χ4n) is 2.33. The maximum atomic E-state index is 10.3. The quantitative estimate of drug-likeness (QED) is 0.670. The monoisotopic (exact) mass is 416 g/mol. The Morgan fingerprint density at radius 3 is 2.70 bits per heavy atom. The van der Waals surface area contributed by atoms with E-state index < -0.39 is 6.10 Å². The number of halogens is 3. The average Bonchev–Trinajstić information content (AvgIpc) is 2.41. The van der Waals surface area contributed by atoms with Crippen LogP contribution in [0.4, 0.5) is 0 Å². The molecule has 1 N–H and O–H groups in total. The van der Waals surface area contributed by atoms with Gasteiger partial charge in [-0.25, -0.2) is 0 Å². The van der Waals surface area contributed by atoms with E-state index in [-0.39, 0.29) is 6.10 Å². The van der Waals surface area contributed by atoms with Gasteiger partial charge in [0, 0.05) is 20.9 Å². The van der Waals surface area contributed by atoms with E-state index in [1.165, 1.54) is 0 Å². The van der Waals surface area contributed by atoms with Crippen molar-refractivity contribution in [3.8, 4) is 5.75 Å². The molecule has 1 heterocycles. The summed E-state index contributed by atoms with van der Waals surface area (Å²) in [5.74, 6) is 0.710. The lowest BCUT2D eigenvalue weighted by Gasteiger charge is -2.30. The number of ether oxygens (including phenoxy) is 1. The summed E-state index contributed by atoms with van der Waals surface area (Å²) in [5, 5.41) is 10.9. The first-order valence-corrected chi connectivity index (χ1v) is 8.10. The van der Waals surface area contributed by atoms with Gasteiger partial charge in [-0.3, -0.25) is 0 Å². The largest absolute Gasteiger partial charge is 0.485 e. The summed E-state index contributed by atoms with van der Waals surface area (Å²) in [6.45, 7) is 0. The van der Waals surface area contributed by atoms with E-state index in [9.17, 15) is 5.11 Å². The molecule has 20 heavy (non-hydrogen) atoms. The van der Waals surface area contributed by atoms with Crippen LogP contribution in [0.5, 0.6) is 5.75 Å². The van der Waals surface area contributed by atoms with E-state index in [2.05, 4.69) is 31.9 Å². The molecule has 5 heteroatoms. The number of aliphatic hydroxyl groups is 1. The summed E-state index contributed by atoms with van der Waals surface area (Å²) in [7, 11) is 0. The topological polar surface area (TPSA) is 29.5 Å². The van der Waals surface area contributed by atoms with Crippen molar-refractivity contribution in [2.45, 2.75) is 18.6 Å². The van der Waals surface area contributed by atoms with Gasteiger partial charge < -0.3 is 9.84 Å². The second-order valence-corrected chi connectivity index (χ2v) is 6.89. The van der Waals surface area contributed by atoms with Gasteiger partial charge in [0.15, 0.2) is 0 Å². The Morgan fingerprint density at radius 2 is 1.95 bits per heavy atom. The Bertz CT molecular complexity index is 660. The highest BCUT2D eigenvalue weighted by Gasteiger charge is 2.28. The third-order valence-corrected chi connectivity index (χ3v) is 5.08. The normalized spacial score (nSPS) is 21.2. The van der Waals surface area contributed by atoms with Crippen molar-refractivity contribution in [1.82, 2.24) is 0 Å². The summed E-state index contributed by atoms with van der Waals surface area (Å²) in [5.41, 5.74) is 1.79. The molecular weight excluding hydrogens is 407 g/mol. The average molecular weight is 419 g/mol. The third-order valence-electron chi connectivity index (χ3n) is 3.36. The van der Waals surface area contributed by atoms with Crippen LogP contribution in [0.1, 0.15) is 29.8 Å². The van der Waals surface area contributed by atoms with Crippen LogP contribution < -0.4 is 4.74 Å². The SMILES string of the molecule is OC1CC(c2ccc(Br)c(Cl)c2)Oc2cc(Br)ccc21. The number of benzene rings is 2. The molecule has 0 radical (unpaired) electrons. The zero-order valence-corrected chi connectivity index (χ0v) is 14.2. The first kappa shape index (κ1) is 14.4.